The predicted molar refractivity (Wildman–Crippen MR) is 64.6 cm³/mol. The van der Waals surface area contributed by atoms with Crippen LogP contribution in [0.25, 0.3) is 0 Å². The molecule has 102 valence electrons. The van der Waals surface area contributed by atoms with Gasteiger partial charge < -0.3 is 31.9 Å². The van der Waals surface area contributed by atoms with Gasteiger partial charge in [0.25, 0.3) is 0 Å². The van der Waals surface area contributed by atoms with Gasteiger partial charge in [0.05, 0.1) is 5.82 Å². The highest BCUT2D eigenvalue weighted by molar-refractivity contribution is 5.19. The summed E-state index contributed by atoms with van der Waals surface area (Å²) in [6.45, 7) is -0.399. The second kappa shape index (κ2) is 8.30. The monoisotopic (exact) mass is 248 g/mol. The molecule has 0 fully saturated rings. The van der Waals surface area contributed by atoms with E-state index in [1.807, 2.05) is 0 Å². The van der Waals surface area contributed by atoms with Gasteiger partial charge in [-0.3, -0.25) is 0 Å². The van der Waals surface area contributed by atoms with Crippen molar-refractivity contribution in [2.24, 2.45) is 16.9 Å². The minimum Gasteiger partial charge on any atom is -0.396 e. The highest BCUT2D eigenvalue weighted by Gasteiger charge is 2.34. The Morgan fingerprint density at radius 1 is 0.765 bits per heavy atom. The minimum atomic E-state index is -0.639. The van der Waals surface area contributed by atoms with E-state index < -0.39 is 5.41 Å². The largest absolute Gasteiger partial charge is 0.396 e. The van der Waals surface area contributed by atoms with Crippen LogP contribution in [0.5, 0.6) is 0 Å². The molecule has 0 saturated carbocycles. The number of hydrogen-bond acceptors (Lipinski definition) is 6. The van der Waals surface area contributed by atoms with Gasteiger partial charge in [-0.1, -0.05) is 0 Å². The van der Waals surface area contributed by atoms with E-state index in [-0.39, 0.29) is 38.7 Å². The Kier molecular flexibility index (Phi) is 7.90. The maximum absolute atomic E-state index is 9.12. The van der Waals surface area contributed by atoms with Gasteiger partial charge in [-0.05, 0) is 31.3 Å². The average molecular weight is 248 g/mol. The molecule has 0 saturated heterocycles. The smallest absolute Gasteiger partial charge is 0.0931 e. The van der Waals surface area contributed by atoms with Crippen LogP contribution >= 0.6 is 0 Å². The zero-order valence-electron chi connectivity index (χ0n) is 10.1. The molecule has 0 amide bonds. The molecule has 0 aromatic carbocycles. The van der Waals surface area contributed by atoms with Gasteiger partial charge in [0.15, 0.2) is 0 Å². The van der Waals surface area contributed by atoms with Crippen LogP contribution in [0, 0.1) is 5.41 Å². The average Bonchev–Trinajstić information content (AvgIpc) is 2.26. The molecule has 6 heteroatoms. The third kappa shape index (κ3) is 4.51. The molecule has 0 aromatic heterocycles. The number of hydrogen-bond donors (Lipinski definition) is 6. The van der Waals surface area contributed by atoms with Gasteiger partial charge in [-0.15, -0.1) is 0 Å². The number of rotatable bonds is 9. The molecule has 6 nitrogen and oxygen atoms in total. The summed E-state index contributed by atoms with van der Waals surface area (Å²) in [6, 6.07) is 0. The van der Waals surface area contributed by atoms with Crippen molar-refractivity contribution in [3.63, 3.8) is 0 Å². The molecule has 17 heavy (non-hydrogen) atoms. The van der Waals surface area contributed by atoms with Crippen LogP contribution in [0.15, 0.2) is 11.4 Å². The summed E-state index contributed by atoms with van der Waals surface area (Å²) in [5.74, 6) is 0.0920. The van der Waals surface area contributed by atoms with Gasteiger partial charge >= 0.3 is 0 Å². The van der Waals surface area contributed by atoms with Crippen LogP contribution in [0.1, 0.15) is 25.7 Å². The summed E-state index contributed by atoms with van der Waals surface area (Å²) in [5, 5.41) is 36.4. The van der Waals surface area contributed by atoms with E-state index in [1.54, 1.807) is 0 Å². The third-order valence-corrected chi connectivity index (χ3v) is 3.12. The SMILES string of the molecule is NC(N)=C(CCO)C(CCO)(CCO)CCO. The quantitative estimate of drug-likeness (QED) is 0.298. The summed E-state index contributed by atoms with van der Waals surface area (Å²) in [7, 11) is 0. The Bertz CT molecular complexity index is 223. The first-order valence-corrected chi connectivity index (χ1v) is 5.76. The summed E-state index contributed by atoms with van der Waals surface area (Å²) in [6.07, 6.45) is 1.33. The maximum Gasteiger partial charge on any atom is 0.0931 e. The standard InChI is InChI=1S/C11H24N2O4/c12-10(13)9(1-5-14)11(2-6-15,3-7-16)4-8-17/h14-17H,1-8,12-13H2. The van der Waals surface area contributed by atoms with Crippen molar-refractivity contribution in [1.29, 1.82) is 0 Å². The van der Waals surface area contributed by atoms with E-state index in [0.717, 1.165) is 0 Å². The molecule has 0 aromatic rings. The third-order valence-electron chi connectivity index (χ3n) is 3.12. The summed E-state index contributed by atoms with van der Waals surface area (Å²) < 4.78 is 0. The van der Waals surface area contributed by atoms with Gasteiger partial charge in [-0.2, -0.15) is 0 Å². The predicted octanol–water partition coefficient (Wildman–Crippen LogP) is -1.37. The highest BCUT2D eigenvalue weighted by Crippen LogP contribution is 2.40. The Labute approximate surface area is 102 Å². The lowest BCUT2D eigenvalue weighted by Crippen LogP contribution is -2.32. The molecular weight excluding hydrogens is 224 g/mol. The van der Waals surface area contributed by atoms with Crippen LogP contribution in [0.3, 0.4) is 0 Å². The molecular formula is C11H24N2O4. The first kappa shape index (κ1) is 16.2. The summed E-state index contributed by atoms with van der Waals surface area (Å²) in [5.41, 5.74) is 11.2. The van der Waals surface area contributed by atoms with E-state index in [1.165, 1.54) is 0 Å². The van der Waals surface area contributed by atoms with E-state index in [0.29, 0.717) is 24.8 Å². The molecule has 0 rings (SSSR count). The van der Waals surface area contributed by atoms with Crippen molar-refractivity contribution in [1.82, 2.24) is 0 Å². The molecule has 0 aliphatic rings. The Hall–Kier alpha value is -0.820. The van der Waals surface area contributed by atoms with Crippen molar-refractivity contribution in [2.75, 3.05) is 26.4 Å². The second-order valence-corrected chi connectivity index (χ2v) is 4.11. The van der Waals surface area contributed by atoms with Gasteiger partial charge in [0.2, 0.25) is 0 Å². The van der Waals surface area contributed by atoms with Crippen molar-refractivity contribution in [3.8, 4) is 0 Å². The Morgan fingerprint density at radius 2 is 1.18 bits per heavy atom. The zero-order valence-corrected chi connectivity index (χ0v) is 10.1. The molecule has 0 spiro atoms. The van der Waals surface area contributed by atoms with E-state index in [2.05, 4.69) is 0 Å². The Morgan fingerprint density at radius 3 is 1.41 bits per heavy atom. The second-order valence-electron chi connectivity index (χ2n) is 4.11. The number of nitrogens with two attached hydrogens (primary N) is 2. The summed E-state index contributed by atoms with van der Waals surface area (Å²) in [4.78, 5) is 0. The Balaban J connectivity index is 5.26. The van der Waals surface area contributed by atoms with E-state index in [4.69, 9.17) is 31.9 Å². The first-order chi connectivity index (χ1) is 8.07. The zero-order chi connectivity index (χ0) is 13.3. The van der Waals surface area contributed by atoms with Gasteiger partial charge in [-0.25, -0.2) is 0 Å². The lowest BCUT2D eigenvalue weighted by Gasteiger charge is -2.35. The van der Waals surface area contributed by atoms with Crippen LogP contribution in [0.4, 0.5) is 0 Å². The van der Waals surface area contributed by atoms with Crippen LogP contribution in [-0.4, -0.2) is 46.9 Å². The number of aliphatic hydroxyl groups is 4. The van der Waals surface area contributed by atoms with E-state index >= 15 is 0 Å². The molecule has 0 radical (unpaired) electrons. The fraction of sp³-hybridized carbons (Fsp3) is 0.818. The van der Waals surface area contributed by atoms with Crippen molar-refractivity contribution >= 4 is 0 Å². The minimum absolute atomic E-state index is 0.0920. The molecule has 0 unspecified atom stereocenters. The maximum atomic E-state index is 9.12. The van der Waals surface area contributed by atoms with Crippen LogP contribution in [-0.2, 0) is 0 Å². The van der Waals surface area contributed by atoms with Crippen molar-refractivity contribution in [3.05, 3.63) is 11.4 Å². The fourth-order valence-corrected chi connectivity index (χ4v) is 2.30. The van der Waals surface area contributed by atoms with Crippen LogP contribution < -0.4 is 11.5 Å². The lowest BCUT2D eigenvalue weighted by molar-refractivity contribution is 0.120. The van der Waals surface area contributed by atoms with Crippen molar-refractivity contribution in [2.45, 2.75) is 25.7 Å². The summed E-state index contributed by atoms with van der Waals surface area (Å²) >= 11 is 0. The lowest BCUT2D eigenvalue weighted by atomic mass is 9.71. The molecule has 0 aliphatic carbocycles. The van der Waals surface area contributed by atoms with Gasteiger partial charge in [0.1, 0.15) is 0 Å². The highest BCUT2D eigenvalue weighted by atomic mass is 16.3. The number of aliphatic hydroxyl groups excluding tert-OH is 4. The van der Waals surface area contributed by atoms with Crippen molar-refractivity contribution < 1.29 is 20.4 Å². The van der Waals surface area contributed by atoms with Crippen LogP contribution in [0.2, 0.25) is 0 Å². The van der Waals surface area contributed by atoms with E-state index in [9.17, 15) is 0 Å². The molecule has 0 aliphatic heterocycles. The van der Waals surface area contributed by atoms with Gasteiger partial charge in [0, 0.05) is 31.8 Å². The molecule has 0 heterocycles. The normalized spacial score (nSPS) is 11.5. The molecule has 0 bridgehead atoms. The molecule has 8 N–H and O–H groups in total. The first-order valence-electron chi connectivity index (χ1n) is 5.76. The topological polar surface area (TPSA) is 133 Å². The fourth-order valence-electron chi connectivity index (χ4n) is 2.30. The molecule has 0 atom stereocenters.